The molecular formula is C15H14O3. The molecule has 0 atom stereocenters. The number of carboxylic acids is 1. The van der Waals surface area contributed by atoms with Gasteiger partial charge in [-0.25, -0.2) is 4.79 Å². The fourth-order valence-corrected chi connectivity index (χ4v) is 2.02. The minimum absolute atomic E-state index is 0.0148. The number of aryl methyl sites for hydroxylation is 1. The minimum atomic E-state index is -1.10. The van der Waals surface area contributed by atoms with Crippen LogP contribution in [0.1, 0.15) is 27.0 Å². The molecule has 0 aliphatic carbocycles. The van der Waals surface area contributed by atoms with Crippen molar-refractivity contribution >= 4 is 5.97 Å². The van der Waals surface area contributed by atoms with Crippen LogP contribution in [0.15, 0.2) is 42.5 Å². The predicted molar refractivity (Wildman–Crippen MR) is 69.1 cm³/mol. The van der Waals surface area contributed by atoms with Gasteiger partial charge in [-0.1, -0.05) is 42.0 Å². The van der Waals surface area contributed by atoms with Crippen molar-refractivity contribution in [2.75, 3.05) is 0 Å². The highest BCUT2D eigenvalue weighted by atomic mass is 16.4. The second-order valence-corrected chi connectivity index (χ2v) is 4.28. The second kappa shape index (κ2) is 4.92. The molecule has 0 amide bonds. The Balaban J connectivity index is 2.40. The van der Waals surface area contributed by atoms with Crippen molar-refractivity contribution in [3.05, 3.63) is 64.7 Å². The molecule has 0 aromatic heterocycles. The highest BCUT2D eigenvalue weighted by Crippen LogP contribution is 2.23. The van der Waals surface area contributed by atoms with Gasteiger partial charge >= 0.3 is 5.97 Å². The molecule has 0 saturated carbocycles. The molecule has 0 unspecified atom stereocenters. The molecule has 0 spiro atoms. The quantitative estimate of drug-likeness (QED) is 0.869. The molecule has 0 aliphatic rings. The summed E-state index contributed by atoms with van der Waals surface area (Å²) < 4.78 is 0. The zero-order valence-electron chi connectivity index (χ0n) is 10.1. The Kier molecular flexibility index (Phi) is 3.33. The van der Waals surface area contributed by atoms with Gasteiger partial charge in [0.15, 0.2) is 0 Å². The molecule has 0 aliphatic heterocycles. The maximum atomic E-state index is 11.1. The molecule has 2 aromatic rings. The molecule has 2 aromatic carbocycles. The SMILES string of the molecule is Cc1cccc(Cc2cccc(O)c2C(=O)O)c1. The summed E-state index contributed by atoms with van der Waals surface area (Å²) in [4.78, 5) is 11.1. The van der Waals surface area contributed by atoms with E-state index in [1.165, 1.54) is 6.07 Å². The van der Waals surface area contributed by atoms with Crippen LogP contribution >= 0.6 is 0 Å². The van der Waals surface area contributed by atoms with E-state index >= 15 is 0 Å². The van der Waals surface area contributed by atoms with Crippen LogP contribution in [-0.4, -0.2) is 16.2 Å². The summed E-state index contributed by atoms with van der Waals surface area (Å²) in [5.41, 5.74) is 2.76. The molecule has 92 valence electrons. The average Bonchev–Trinajstić information content (AvgIpc) is 2.28. The average molecular weight is 242 g/mol. The van der Waals surface area contributed by atoms with Crippen molar-refractivity contribution in [2.24, 2.45) is 0 Å². The molecule has 0 heterocycles. The van der Waals surface area contributed by atoms with Crippen molar-refractivity contribution < 1.29 is 15.0 Å². The van der Waals surface area contributed by atoms with Crippen molar-refractivity contribution in [1.82, 2.24) is 0 Å². The fraction of sp³-hybridized carbons (Fsp3) is 0.133. The molecule has 0 bridgehead atoms. The van der Waals surface area contributed by atoms with Gasteiger partial charge in [0, 0.05) is 0 Å². The molecule has 0 saturated heterocycles. The van der Waals surface area contributed by atoms with E-state index in [0.717, 1.165) is 11.1 Å². The van der Waals surface area contributed by atoms with Gasteiger partial charge in [-0.05, 0) is 30.5 Å². The lowest BCUT2D eigenvalue weighted by Gasteiger charge is -2.08. The Hall–Kier alpha value is -2.29. The van der Waals surface area contributed by atoms with Gasteiger partial charge in [0.25, 0.3) is 0 Å². The van der Waals surface area contributed by atoms with Crippen molar-refractivity contribution in [1.29, 1.82) is 0 Å². The number of carboxylic acid groups (broad SMARTS) is 1. The van der Waals surface area contributed by atoms with Gasteiger partial charge in [0.05, 0.1) is 0 Å². The molecule has 2 N–H and O–H groups in total. The van der Waals surface area contributed by atoms with E-state index in [0.29, 0.717) is 12.0 Å². The Bertz CT molecular complexity index is 588. The van der Waals surface area contributed by atoms with E-state index in [4.69, 9.17) is 5.11 Å². The Labute approximate surface area is 105 Å². The van der Waals surface area contributed by atoms with E-state index in [9.17, 15) is 9.90 Å². The highest BCUT2D eigenvalue weighted by Gasteiger charge is 2.14. The summed E-state index contributed by atoms with van der Waals surface area (Å²) in [6.07, 6.45) is 0.498. The van der Waals surface area contributed by atoms with Crippen molar-refractivity contribution in [3.63, 3.8) is 0 Å². The van der Waals surface area contributed by atoms with Crippen LogP contribution in [-0.2, 0) is 6.42 Å². The first-order valence-electron chi connectivity index (χ1n) is 5.67. The van der Waals surface area contributed by atoms with Crippen LogP contribution in [0.25, 0.3) is 0 Å². The largest absolute Gasteiger partial charge is 0.507 e. The zero-order valence-corrected chi connectivity index (χ0v) is 10.1. The maximum Gasteiger partial charge on any atom is 0.339 e. The fourth-order valence-electron chi connectivity index (χ4n) is 2.02. The zero-order chi connectivity index (χ0) is 13.1. The van der Waals surface area contributed by atoms with Crippen LogP contribution in [0, 0.1) is 6.92 Å². The van der Waals surface area contributed by atoms with Crippen LogP contribution in [0.4, 0.5) is 0 Å². The van der Waals surface area contributed by atoms with Gasteiger partial charge in [0.1, 0.15) is 11.3 Å². The summed E-state index contributed by atoms with van der Waals surface area (Å²) in [6.45, 7) is 1.99. The lowest BCUT2D eigenvalue weighted by molar-refractivity contribution is 0.0692. The van der Waals surface area contributed by atoms with E-state index in [2.05, 4.69) is 0 Å². The topological polar surface area (TPSA) is 57.5 Å². The molecule has 0 fully saturated rings. The van der Waals surface area contributed by atoms with Crippen LogP contribution in [0.2, 0.25) is 0 Å². The standard InChI is InChI=1S/C15H14O3/c1-10-4-2-5-11(8-10)9-12-6-3-7-13(16)14(12)15(17)18/h2-8,16H,9H2,1H3,(H,17,18). The molecular weight excluding hydrogens is 228 g/mol. The van der Waals surface area contributed by atoms with Crippen LogP contribution < -0.4 is 0 Å². The van der Waals surface area contributed by atoms with E-state index < -0.39 is 5.97 Å². The lowest BCUT2D eigenvalue weighted by Crippen LogP contribution is -2.03. The van der Waals surface area contributed by atoms with Gasteiger partial charge in [-0.3, -0.25) is 0 Å². The number of aromatic carboxylic acids is 1. The summed E-state index contributed by atoms with van der Waals surface area (Å²) in [6, 6.07) is 12.7. The number of phenols is 1. The first kappa shape index (κ1) is 12.2. The number of hydrogen-bond acceptors (Lipinski definition) is 2. The summed E-state index contributed by atoms with van der Waals surface area (Å²) in [5.74, 6) is -1.29. The van der Waals surface area contributed by atoms with E-state index in [1.807, 2.05) is 31.2 Å². The number of aromatic hydroxyl groups is 1. The third kappa shape index (κ3) is 2.51. The number of carbonyl (C=O) groups is 1. The van der Waals surface area contributed by atoms with Crippen LogP contribution in [0.3, 0.4) is 0 Å². The van der Waals surface area contributed by atoms with Gasteiger partial charge in [-0.2, -0.15) is 0 Å². The number of rotatable bonds is 3. The number of benzene rings is 2. The second-order valence-electron chi connectivity index (χ2n) is 4.28. The molecule has 18 heavy (non-hydrogen) atoms. The summed E-state index contributed by atoms with van der Waals surface area (Å²) >= 11 is 0. The first-order valence-corrected chi connectivity index (χ1v) is 5.67. The molecule has 2 rings (SSSR count). The molecule has 3 heteroatoms. The Morgan fingerprint density at radius 2 is 1.89 bits per heavy atom. The monoisotopic (exact) mass is 242 g/mol. The normalized spacial score (nSPS) is 10.3. The highest BCUT2D eigenvalue weighted by molar-refractivity contribution is 5.92. The smallest absolute Gasteiger partial charge is 0.339 e. The van der Waals surface area contributed by atoms with Crippen molar-refractivity contribution in [3.8, 4) is 5.75 Å². The lowest BCUT2D eigenvalue weighted by atomic mass is 9.98. The molecule has 0 radical (unpaired) electrons. The van der Waals surface area contributed by atoms with E-state index in [-0.39, 0.29) is 11.3 Å². The molecule has 3 nitrogen and oxygen atoms in total. The summed E-state index contributed by atoms with van der Waals surface area (Å²) in [7, 11) is 0. The first-order chi connectivity index (χ1) is 8.58. The van der Waals surface area contributed by atoms with Gasteiger partial charge in [-0.15, -0.1) is 0 Å². The predicted octanol–water partition coefficient (Wildman–Crippen LogP) is 2.99. The summed E-state index contributed by atoms with van der Waals surface area (Å²) in [5, 5.41) is 18.7. The van der Waals surface area contributed by atoms with Crippen LogP contribution in [0.5, 0.6) is 5.75 Å². The minimum Gasteiger partial charge on any atom is -0.507 e. The third-order valence-corrected chi connectivity index (χ3v) is 2.82. The van der Waals surface area contributed by atoms with Gasteiger partial charge in [0.2, 0.25) is 0 Å². The van der Waals surface area contributed by atoms with E-state index in [1.54, 1.807) is 12.1 Å². The Morgan fingerprint density at radius 3 is 2.56 bits per heavy atom. The maximum absolute atomic E-state index is 11.1. The Morgan fingerprint density at radius 1 is 1.17 bits per heavy atom. The van der Waals surface area contributed by atoms with Crippen molar-refractivity contribution in [2.45, 2.75) is 13.3 Å². The van der Waals surface area contributed by atoms with Gasteiger partial charge < -0.3 is 10.2 Å². The third-order valence-electron chi connectivity index (χ3n) is 2.82. The number of hydrogen-bond donors (Lipinski definition) is 2.